The Kier molecular flexibility index (Phi) is 9.14. The quantitative estimate of drug-likeness (QED) is 0.432. The van der Waals surface area contributed by atoms with E-state index in [9.17, 15) is 0 Å². The Morgan fingerprint density at radius 1 is 1.27 bits per heavy atom. The predicted octanol–water partition coefficient (Wildman–Crippen LogP) is 1.61. The third-order valence-electron chi connectivity index (χ3n) is 3.27. The number of hydrogen-bond donors (Lipinski definition) is 2. The lowest BCUT2D eigenvalue weighted by Crippen LogP contribution is -2.38. The molecule has 1 aromatic heterocycles. The highest BCUT2D eigenvalue weighted by Crippen LogP contribution is 2.19. The van der Waals surface area contributed by atoms with Gasteiger partial charge in [0.15, 0.2) is 5.96 Å². The summed E-state index contributed by atoms with van der Waals surface area (Å²) < 4.78 is 5.41. The lowest BCUT2D eigenvalue weighted by atomic mass is 10.2. The molecule has 0 aromatic carbocycles. The van der Waals surface area contributed by atoms with Gasteiger partial charge in [-0.25, -0.2) is 9.98 Å². The molecule has 0 unspecified atom stereocenters. The Morgan fingerprint density at radius 3 is 2.59 bits per heavy atom. The van der Waals surface area contributed by atoms with Crippen LogP contribution >= 0.6 is 24.0 Å². The van der Waals surface area contributed by atoms with Crippen molar-refractivity contribution in [3.8, 4) is 0 Å². The van der Waals surface area contributed by atoms with E-state index >= 15 is 0 Å². The van der Waals surface area contributed by atoms with Gasteiger partial charge in [-0.3, -0.25) is 0 Å². The molecule has 2 N–H and O–H groups in total. The van der Waals surface area contributed by atoms with Crippen LogP contribution in [0.3, 0.4) is 0 Å². The molecule has 2 heterocycles. The highest BCUT2D eigenvalue weighted by Gasteiger charge is 2.15. The maximum atomic E-state index is 5.41. The number of ether oxygens (including phenoxy) is 1. The van der Waals surface area contributed by atoms with E-state index in [0.717, 1.165) is 56.7 Å². The van der Waals surface area contributed by atoms with Crippen LogP contribution in [0.15, 0.2) is 23.3 Å². The molecule has 1 fully saturated rings. The summed E-state index contributed by atoms with van der Waals surface area (Å²) >= 11 is 0. The van der Waals surface area contributed by atoms with Gasteiger partial charge in [-0.15, -0.1) is 24.0 Å². The lowest BCUT2D eigenvalue weighted by Gasteiger charge is -2.29. The Morgan fingerprint density at radius 2 is 1.95 bits per heavy atom. The zero-order chi connectivity index (χ0) is 14.9. The first-order valence-electron chi connectivity index (χ1n) is 7.64. The van der Waals surface area contributed by atoms with Crippen molar-refractivity contribution in [2.45, 2.75) is 20.4 Å². The van der Waals surface area contributed by atoms with Crippen molar-refractivity contribution in [2.24, 2.45) is 4.99 Å². The molecule has 0 amide bonds. The van der Waals surface area contributed by atoms with Crippen molar-refractivity contribution in [2.75, 3.05) is 44.3 Å². The molecule has 0 aliphatic carbocycles. The molecule has 7 heteroatoms. The van der Waals surface area contributed by atoms with Gasteiger partial charge in [-0.05, 0) is 19.9 Å². The fourth-order valence-corrected chi connectivity index (χ4v) is 2.29. The second kappa shape index (κ2) is 10.6. The molecule has 2 rings (SSSR count). The van der Waals surface area contributed by atoms with Gasteiger partial charge in [0.2, 0.25) is 0 Å². The van der Waals surface area contributed by atoms with E-state index in [1.54, 1.807) is 0 Å². The second-order valence-electron chi connectivity index (χ2n) is 4.81. The minimum atomic E-state index is 0. The average Bonchev–Trinajstić information content (AvgIpc) is 2.54. The molecule has 1 aliphatic heterocycles. The molecule has 0 bridgehead atoms. The fourth-order valence-electron chi connectivity index (χ4n) is 2.29. The largest absolute Gasteiger partial charge is 0.378 e. The third kappa shape index (κ3) is 5.60. The Bertz CT molecular complexity index is 455. The first kappa shape index (κ1) is 19.0. The summed E-state index contributed by atoms with van der Waals surface area (Å²) in [7, 11) is 0. The van der Waals surface area contributed by atoms with Gasteiger partial charge in [-0.2, -0.15) is 0 Å². The normalized spacial score (nSPS) is 14.0. The third-order valence-corrected chi connectivity index (χ3v) is 3.27. The van der Waals surface area contributed by atoms with Crippen LogP contribution in [-0.2, 0) is 11.3 Å². The molecule has 22 heavy (non-hydrogen) atoms. The predicted molar refractivity (Wildman–Crippen MR) is 101 cm³/mol. The van der Waals surface area contributed by atoms with E-state index in [1.807, 2.05) is 12.3 Å². The van der Waals surface area contributed by atoms with E-state index in [2.05, 4.69) is 45.4 Å². The molecule has 0 radical (unpaired) electrons. The SMILES string of the molecule is CCNC(=NCc1cccnc1N1CCOCC1)NCC.I. The lowest BCUT2D eigenvalue weighted by molar-refractivity contribution is 0.122. The van der Waals surface area contributed by atoms with Crippen molar-refractivity contribution in [1.29, 1.82) is 0 Å². The summed E-state index contributed by atoms with van der Waals surface area (Å²) in [6, 6.07) is 4.06. The number of hydrogen-bond acceptors (Lipinski definition) is 4. The average molecular weight is 419 g/mol. The number of aliphatic imine (C=N–C) groups is 1. The number of morpholine rings is 1. The molecule has 1 aromatic rings. The van der Waals surface area contributed by atoms with Crippen molar-refractivity contribution < 1.29 is 4.74 Å². The number of rotatable bonds is 5. The molecule has 0 atom stereocenters. The van der Waals surface area contributed by atoms with Crippen LogP contribution in [0.2, 0.25) is 0 Å². The van der Waals surface area contributed by atoms with Crippen molar-refractivity contribution >= 4 is 35.8 Å². The number of anilines is 1. The number of guanidine groups is 1. The Labute approximate surface area is 149 Å². The zero-order valence-corrected chi connectivity index (χ0v) is 15.7. The topological polar surface area (TPSA) is 61.8 Å². The maximum Gasteiger partial charge on any atom is 0.191 e. The molecule has 124 valence electrons. The van der Waals surface area contributed by atoms with Gasteiger partial charge in [0.1, 0.15) is 5.82 Å². The van der Waals surface area contributed by atoms with Gasteiger partial charge in [0, 0.05) is 37.9 Å². The monoisotopic (exact) mass is 419 g/mol. The van der Waals surface area contributed by atoms with Crippen LogP contribution in [0.1, 0.15) is 19.4 Å². The summed E-state index contributed by atoms with van der Waals surface area (Å²) in [4.78, 5) is 11.4. The van der Waals surface area contributed by atoms with Crippen LogP contribution in [0.25, 0.3) is 0 Å². The molecule has 6 nitrogen and oxygen atoms in total. The van der Waals surface area contributed by atoms with E-state index in [0.29, 0.717) is 6.54 Å². The van der Waals surface area contributed by atoms with Gasteiger partial charge in [0.25, 0.3) is 0 Å². The summed E-state index contributed by atoms with van der Waals surface area (Å²) in [5, 5.41) is 6.48. The van der Waals surface area contributed by atoms with Crippen molar-refractivity contribution in [3.63, 3.8) is 0 Å². The second-order valence-corrected chi connectivity index (χ2v) is 4.81. The highest BCUT2D eigenvalue weighted by molar-refractivity contribution is 14.0. The van der Waals surface area contributed by atoms with E-state index in [1.165, 1.54) is 0 Å². The zero-order valence-electron chi connectivity index (χ0n) is 13.3. The smallest absolute Gasteiger partial charge is 0.191 e. The number of halogens is 1. The number of nitrogens with one attached hydrogen (secondary N) is 2. The Hall–Kier alpha value is -1.09. The van der Waals surface area contributed by atoms with Crippen molar-refractivity contribution in [3.05, 3.63) is 23.9 Å². The standard InChI is InChI=1S/C15H25N5O.HI/c1-3-16-15(17-4-2)19-12-13-6-5-7-18-14(13)20-8-10-21-11-9-20;/h5-7H,3-4,8-12H2,1-2H3,(H2,16,17,19);1H. The Balaban J connectivity index is 0.00000242. The molecule has 0 spiro atoms. The van der Waals surface area contributed by atoms with Crippen LogP contribution in [-0.4, -0.2) is 50.3 Å². The molecule has 1 aliphatic rings. The van der Waals surface area contributed by atoms with Gasteiger partial charge >= 0.3 is 0 Å². The fraction of sp³-hybridized carbons (Fsp3) is 0.600. The molecular formula is C15H26IN5O. The highest BCUT2D eigenvalue weighted by atomic mass is 127. The van der Waals surface area contributed by atoms with Gasteiger partial charge in [-0.1, -0.05) is 6.07 Å². The summed E-state index contributed by atoms with van der Waals surface area (Å²) in [5.41, 5.74) is 1.15. The first-order valence-corrected chi connectivity index (χ1v) is 7.64. The first-order chi connectivity index (χ1) is 10.3. The molecule has 1 saturated heterocycles. The van der Waals surface area contributed by atoms with E-state index in [-0.39, 0.29) is 24.0 Å². The molecule has 0 saturated carbocycles. The van der Waals surface area contributed by atoms with Crippen LogP contribution < -0.4 is 15.5 Å². The minimum absolute atomic E-state index is 0. The number of nitrogens with zero attached hydrogens (tertiary/aromatic N) is 3. The van der Waals surface area contributed by atoms with Gasteiger partial charge < -0.3 is 20.3 Å². The van der Waals surface area contributed by atoms with E-state index < -0.39 is 0 Å². The molecular weight excluding hydrogens is 393 g/mol. The van der Waals surface area contributed by atoms with E-state index in [4.69, 9.17) is 4.74 Å². The summed E-state index contributed by atoms with van der Waals surface area (Å²) in [6.07, 6.45) is 1.84. The minimum Gasteiger partial charge on any atom is -0.378 e. The summed E-state index contributed by atoms with van der Waals surface area (Å²) in [6.45, 7) is 9.77. The summed E-state index contributed by atoms with van der Waals surface area (Å²) in [5.74, 6) is 1.87. The number of pyridine rings is 1. The van der Waals surface area contributed by atoms with Crippen LogP contribution in [0, 0.1) is 0 Å². The van der Waals surface area contributed by atoms with Crippen LogP contribution in [0.4, 0.5) is 5.82 Å². The van der Waals surface area contributed by atoms with Crippen LogP contribution in [0.5, 0.6) is 0 Å². The van der Waals surface area contributed by atoms with Crippen molar-refractivity contribution in [1.82, 2.24) is 15.6 Å². The van der Waals surface area contributed by atoms with Gasteiger partial charge in [0.05, 0.1) is 19.8 Å². The number of aromatic nitrogens is 1. The maximum absolute atomic E-state index is 5.41.